The van der Waals surface area contributed by atoms with Crippen molar-refractivity contribution in [2.45, 2.75) is 229 Å². The highest BCUT2D eigenvalue weighted by Crippen LogP contribution is 2.36. The first-order valence-corrected chi connectivity index (χ1v) is 33.5. The number of hydrogen-bond donors (Lipinski definition) is 4. The molecule has 0 aromatic heterocycles. The number of benzene rings is 1. The van der Waals surface area contributed by atoms with Crippen LogP contribution in [0.3, 0.4) is 0 Å². The molecular weight excluding hydrogens is 1160 g/mol. The summed E-state index contributed by atoms with van der Waals surface area (Å²) in [6.45, 7) is 25.0. The van der Waals surface area contributed by atoms with Gasteiger partial charge in [-0.25, -0.2) is 4.79 Å². The minimum Gasteiger partial charge on any atom is -0.481 e. The lowest BCUT2D eigenvalue weighted by Crippen LogP contribution is -2.54. The van der Waals surface area contributed by atoms with E-state index in [1.807, 2.05) is 69.4 Å². The number of carboxylic acids is 2. The van der Waals surface area contributed by atoms with Crippen molar-refractivity contribution in [3.63, 3.8) is 0 Å². The molecule has 4 N–H and O–H groups in total. The molecule has 0 radical (unpaired) electrons. The fourth-order valence-corrected chi connectivity index (χ4v) is 13.4. The van der Waals surface area contributed by atoms with E-state index >= 15 is 0 Å². The molecule has 1 aromatic carbocycles. The zero-order valence-electron chi connectivity index (χ0n) is 57.9. The second-order valence-corrected chi connectivity index (χ2v) is 28.2. The van der Waals surface area contributed by atoms with E-state index in [9.17, 15) is 63.0 Å². The molecule has 2 aliphatic heterocycles. The zero-order chi connectivity index (χ0) is 68.6. The Morgan fingerprint density at radius 1 is 0.758 bits per heavy atom. The highest BCUT2D eigenvalue weighted by Gasteiger charge is 2.46. The van der Waals surface area contributed by atoms with E-state index in [1.54, 1.807) is 54.1 Å². The van der Waals surface area contributed by atoms with Crippen LogP contribution in [0.25, 0.3) is 0 Å². The molecule has 0 saturated carbocycles. The van der Waals surface area contributed by atoms with Gasteiger partial charge in [0.2, 0.25) is 35.4 Å². The van der Waals surface area contributed by atoms with Crippen molar-refractivity contribution in [1.82, 2.24) is 30.2 Å². The Labute approximate surface area is 543 Å². The van der Waals surface area contributed by atoms with Gasteiger partial charge in [-0.1, -0.05) is 120 Å². The van der Waals surface area contributed by atoms with Crippen LogP contribution in [-0.4, -0.2) is 185 Å². The van der Waals surface area contributed by atoms with Crippen LogP contribution >= 0.6 is 0 Å². The zero-order valence-corrected chi connectivity index (χ0v) is 57.9. The molecule has 2 heterocycles. The topological polar surface area (TPSA) is 284 Å². The minimum absolute atomic E-state index is 0.0310. The van der Waals surface area contributed by atoms with Crippen LogP contribution in [0.15, 0.2) is 30.3 Å². The largest absolute Gasteiger partial charge is 0.481 e. The van der Waals surface area contributed by atoms with E-state index in [1.165, 1.54) is 14.2 Å². The molecule has 2 saturated heterocycles. The highest BCUT2D eigenvalue weighted by molar-refractivity contribution is 6.04. The first-order chi connectivity index (χ1) is 42.7. The molecule has 1 unspecified atom stereocenters. The van der Waals surface area contributed by atoms with Crippen molar-refractivity contribution in [1.29, 1.82) is 0 Å². The fourth-order valence-electron chi connectivity index (χ4n) is 13.4. The van der Waals surface area contributed by atoms with Gasteiger partial charge in [0.1, 0.15) is 17.6 Å². The maximum Gasteiger partial charge on any atom is 0.326 e. The number of Topliss-reactive ketones (excluding diaryl/α,β-unsaturated/α-hetero) is 3. The molecule has 0 bridgehead atoms. The molecular formula is C70H114N6O15. The van der Waals surface area contributed by atoms with Crippen LogP contribution in [0.5, 0.6) is 0 Å². The Hall–Kier alpha value is -5.93. The summed E-state index contributed by atoms with van der Waals surface area (Å²) in [7, 11) is 6.74. The SMILES string of the molecule is CC[C@H](C)[C@@H]([C@@H](CC(=O)N1CCC[C@H]1[C@H](OC)[C@@H](C)C(=O)C[C@H](Cc1ccccc1)C(=O)C[C@@H](CCC(=O)O)C(=O)N[C@@H](CCCCNC(=O)CCN1C(=O)CC(C(C)(C)C)C1=O)C(=O)O)OC)N(C)C(=O)[C@@H](CC(=O)[C@H](C(C)C)N(C)CCCC(C)C)C(C)C. The first-order valence-electron chi connectivity index (χ1n) is 33.5. The Bertz CT molecular complexity index is 2570. The van der Waals surface area contributed by atoms with Gasteiger partial charge in [0.25, 0.3) is 0 Å². The van der Waals surface area contributed by atoms with E-state index < -0.39 is 108 Å². The number of likely N-dealkylation sites (N-methyl/N-ethyl adjacent to an activating group) is 2. The molecule has 2 aliphatic rings. The molecule has 514 valence electrons. The van der Waals surface area contributed by atoms with Gasteiger partial charge >= 0.3 is 11.9 Å². The number of carboxylic acid groups (broad SMARTS) is 2. The number of amides is 6. The number of carbonyl (C=O) groups excluding carboxylic acids is 9. The van der Waals surface area contributed by atoms with Crippen LogP contribution in [0.1, 0.15) is 191 Å². The molecule has 12 atom stereocenters. The Morgan fingerprint density at radius 2 is 1.41 bits per heavy atom. The summed E-state index contributed by atoms with van der Waals surface area (Å²) < 4.78 is 12.3. The van der Waals surface area contributed by atoms with Gasteiger partial charge in [0, 0.05) is 103 Å². The average molecular weight is 1280 g/mol. The number of ketones is 3. The number of unbranched alkanes of at least 4 members (excludes halogenated alkanes) is 1. The summed E-state index contributed by atoms with van der Waals surface area (Å²) >= 11 is 0. The van der Waals surface area contributed by atoms with Crippen molar-refractivity contribution in [3.05, 3.63) is 35.9 Å². The molecule has 2 fully saturated rings. The molecule has 1 aromatic rings. The molecule has 0 aliphatic carbocycles. The third-order valence-electron chi connectivity index (χ3n) is 19.1. The number of carbonyl (C=O) groups is 11. The van der Waals surface area contributed by atoms with Crippen LogP contribution in [0.2, 0.25) is 0 Å². The van der Waals surface area contributed by atoms with Crippen molar-refractivity contribution < 1.29 is 72.4 Å². The quantitative estimate of drug-likeness (QED) is 0.0352. The van der Waals surface area contributed by atoms with Crippen molar-refractivity contribution in [2.24, 2.45) is 58.7 Å². The summed E-state index contributed by atoms with van der Waals surface area (Å²) in [5, 5.41) is 25.1. The molecule has 6 amide bonds. The van der Waals surface area contributed by atoms with Crippen LogP contribution in [-0.2, 0) is 68.6 Å². The van der Waals surface area contributed by atoms with Crippen molar-refractivity contribution in [3.8, 4) is 0 Å². The van der Waals surface area contributed by atoms with Gasteiger partial charge in [-0.05, 0) is 106 Å². The van der Waals surface area contributed by atoms with Gasteiger partial charge in [-0.2, -0.15) is 0 Å². The maximum absolute atomic E-state index is 14.8. The number of aliphatic carboxylic acids is 2. The summed E-state index contributed by atoms with van der Waals surface area (Å²) in [6, 6.07) is 6.18. The van der Waals surface area contributed by atoms with E-state index in [-0.39, 0.29) is 130 Å². The summed E-state index contributed by atoms with van der Waals surface area (Å²) in [5.41, 5.74) is 0.327. The lowest BCUT2D eigenvalue weighted by molar-refractivity contribution is -0.149. The van der Waals surface area contributed by atoms with Gasteiger partial charge in [-0.15, -0.1) is 0 Å². The summed E-state index contributed by atoms with van der Waals surface area (Å²) in [4.78, 5) is 156. The average Bonchev–Trinajstić information content (AvgIpc) is 1.79. The van der Waals surface area contributed by atoms with Gasteiger partial charge in [0.05, 0.1) is 42.7 Å². The highest BCUT2D eigenvalue weighted by atomic mass is 16.5. The molecule has 3 rings (SSSR count). The third kappa shape index (κ3) is 24.5. The Morgan fingerprint density at radius 3 is 1.96 bits per heavy atom. The van der Waals surface area contributed by atoms with E-state index in [4.69, 9.17) is 9.47 Å². The second-order valence-electron chi connectivity index (χ2n) is 28.2. The Balaban J connectivity index is 1.77. The maximum atomic E-state index is 14.8. The number of methoxy groups -OCH3 is 2. The van der Waals surface area contributed by atoms with Crippen LogP contribution in [0.4, 0.5) is 0 Å². The van der Waals surface area contributed by atoms with Gasteiger partial charge < -0.3 is 40.1 Å². The predicted octanol–water partition coefficient (Wildman–Crippen LogP) is 8.46. The Kier molecular flexibility index (Phi) is 33.4. The first kappa shape index (κ1) is 79.3. The lowest BCUT2D eigenvalue weighted by Gasteiger charge is -2.41. The molecule has 0 spiro atoms. The normalized spacial score (nSPS) is 18.8. The summed E-state index contributed by atoms with van der Waals surface area (Å²) in [5.74, 6) is -9.46. The predicted molar refractivity (Wildman–Crippen MR) is 348 cm³/mol. The van der Waals surface area contributed by atoms with Crippen LogP contribution in [0, 0.1) is 58.7 Å². The smallest absolute Gasteiger partial charge is 0.326 e. The standard InChI is InChI=1S/C70H114N6O15/c1-17-46(8)64(74(14)67(86)51(44(4)5)40-57(79)63(45(6)7)73(13)34-23-25-43(2)3)58(90-15)42-61(82)75-35-24-29-54(75)65(91-16)47(9)55(77)39-50(37-48-26-19-18-20-27-48)56(78)38-49(30-31-62(83)84)66(85)72-53(69(88)89)28-21-22-33-71-59(80)32-36-76-60(81)41-52(68(76)87)70(10,11)12/h18-20,26-27,43-47,49-54,58,63-65H,17,21-25,28-42H2,1-16H3,(H,71,80)(H,72,85)(H,83,84)(H,88,89)/t46-,47-,49+,50-,51-,52?,53-,54-,58+,63-,64-,65+/m0/s1. The summed E-state index contributed by atoms with van der Waals surface area (Å²) in [6.07, 6.45) is 1.38. The monoisotopic (exact) mass is 1280 g/mol. The lowest BCUT2D eigenvalue weighted by atomic mass is 9.80. The number of nitrogens with one attached hydrogen (secondary N) is 2. The van der Waals surface area contributed by atoms with Crippen molar-refractivity contribution in [2.75, 3.05) is 54.5 Å². The second kappa shape index (κ2) is 38.3. The fraction of sp³-hybridized carbons (Fsp3) is 0.757. The third-order valence-corrected chi connectivity index (χ3v) is 19.1. The minimum atomic E-state index is -1.42. The molecule has 91 heavy (non-hydrogen) atoms. The number of ether oxygens (including phenoxy) is 2. The number of nitrogens with zero attached hydrogens (tertiary/aromatic N) is 4. The van der Waals surface area contributed by atoms with Gasteiger partial charge in [0.15, 0.2) is 5.78 Å². The van der Waals surface area contributed by atoms with Crippen LogP contribution < -0.4 is 10.6 Å². The number of hydrogen-bond acceptors (Lipinski definition) is 14. The van der Waals surface area contributed by atoms with E-state index in [2.05, 4.69) is 29.4 Å². The van der Waals surface area contributed by atoms with E-state index in [0.717, 1.165) is 29.8 Å². The number of imide groups is 1. The van der Waals surface area contributed by atoms with Gasteiger partial charge in [-0.3, -0.25) is 57.7 Å². The van der Waals surface area contributed by atoms with E-state index in [0.29, 0.717) is 38.1 Å². The van der Waals surface area contributed by atoms with Crippen molar-refractivity contribution >= 4 is 64.7 Å². The molecule has 21 nitrogen and oxygen atoms in total. The number of likely N-dealkylation sites (tertiary alicyclic amines) is 2. The number of rotatable bonds is 43. The molecule has 21 heteroatoms.